The zero-order valence-corrected chi connectivity index (χ0v) is 11.0. The molecule has 4 heteroatoms. The van der Waals surface area contributed by atoms with E-state index in [9.17, 15) is 4.79 Å². The molecule has 1 amide bonds. The van der Waals surface area contributed by atoms with Crippen LogP contribution in [-0.4, -0.2) is 54.2 Å². The van der Waals surface area contributed by atoms with E-state index in [4.69, 9.17) is 0 Å². The molecule has 1 saturated carbocycles. The van der Waals surface area contributed by atoms with Crippen molar-refractivity contribution >= 4 is 18.5 Å². The standard InChI is InChI=1S/C12H22N2OS/c1-2-13-5-7-14(8-6-13)11(15)9-12(10-16)3-4-12/h16H,2-10H2,1H3. The van der Waals surface area contributed by atoms with E-state index < -0.39 is 0 Å². The largest absolute Gasteiger partial charge is 0.340 e. The number of hydrogen-bond acceptors (Lipinski definition) is 3. The maximum atomic E-state index is 12.1. The first-order valence-corrected chi connectivity index (χ1v) is 6.93. The lowest BCUT2D eigenvalue weighted by Crippen LogP contribution is -2.48. The Balaban J connectivity index is 1.78. The van der Waals surface area contributed by atoms with Gasteiger partial charge in [0.25, 0.3) is 0 Å². The lowest BCUT2D eigenvalue weighted by atomic mass is 10.0. The van der Waals surface area contributed by atoms with Gasteiger partial charge in [-0.1, -0.05) is 6.92 Å². The van der Waals surface area contributed by atoms with Crippen LogP contribution in [0.4, 0.5) is 0 Å². The molecule has 0 aromatic heterocycles. The van der Waals surface area contributed by atoms with Crippen LogP contribution < -0.4 is 0 Å². The van der Waals surface area contributed by atoms with E-state index in [0.29, 0.717) is 5.91 Å². The van der Waals surface area contributed by atoms with Gasteiger partial charge >= 0.3 is 0 Å². The average molecular weight is 242 g/mol. The molecule has 0 aromatic rings. The third-order valence-electron chi connectivity index (χ3n) is 3.99. The first kappa shape index (κ1) is 12.2. The van der Waals surface area contributed by atoms with Crippen molar-refractivity contribution in [2.75, 3.05) is 38.5 Å². The Labute approximate surface area is 104 Å². The molecule has 2 fully saturated rings. The number of amides is 1. The monoisotopic (exact) mass is 242 g/mol. The Bertz CT molecular complexity index is 258. The normalized spacial score (nSPS) is 24.5. The van der Waals surface area contributed by atoms with E-state index in [1.807, 2.05) is 4.90 Å². The second-order valence-corrected chi connectivity index (χ2v) is 5.47. The highest BCUT2D eigenvalue weighted by Crippen LogP contribution is 2.49. The Morgan fingerprint density at radius 1 is 1.25 bits per heavy atom. The molecule has 0 bridgehead atoms. The van der Waals surface area contributed by atoms with E-state index in [0.717, 1.165) is 44.9 Å². The van der Waals surface area contributed by atoms with Gasteiger partial charge < -0.3 is 9.80 Å². The molecule has 0 unspecified atom stereocenters. The molecule has 16 heavy (non-hydrogen) atoms. The first-order chi connectivity index (χ1) is 7.69. The first-order valence-electron chi connectivity index (χ1n) is 6.30. The number of carbonyl (C=O) groups is 1. The second kappa shape index (κ2) is 4.96. The SMILES string of the molecule is CCN1CCN(C(=O)CC2(CS)CC2)CC1. The van der Waals surface area contributed by atoms with Gasteiger partial charge in [-0.2, -0.15) is 12.6 Å². The van der Waals surface area contributed by atoms with Crippen molar-refractivity contribution < 1.29 is 4.79 Å². The molecule has 0 N–H and O–H groups in total. The van der Waals surface area contributed by atoms with E-state index in [2.05, 4.69) is 24.5 Å². The van der Waals surface area contributed by atoms with Crippen molar-refractivity contribution in [3.63, 3.8) is 0 Å². The fraction of sp³-hybridized carbons (Fsp3) is 0.917. The summed E-state index contributed by atoms with van der Waals surface area (Å²) < 4.78 is 0. The van der Waals surface area contributed by atoms with E-state index in [1.54, 1.807) is 0 Å². The minimum absolute atomic E-state index is 0.266. The van der Waals surface area contributed by atoms with Crippen molar-refractivity contribution in [3.05, 3.63) is 0 Å². The number of nitrogens with zero attached hydrogens (tertiary/aromatic N) is 2. The Morgan fingerprint density at radius 2 is 1.88 bits per heavy atom. The van der Waals surface area contributed by atoms with Gasteiger partial charge in [0.1, 0.15) is 0 Å². The Morgan fingerprint density at radius 3 is 2.31 bits per heavy atom. The number of thiol groups is 1. The van der Waals surface area contributed by atoms with Gasteiger partial charge in [-0.15, -0.1) is 0 Å². The second-order valence-electron chi connectivity index (χ2n) is 5.15. The number of carbonyl (C=O) groups excluding carboxylic acids is 1. The third-order valence-corrected chi connectivity index (χ3v) is 4.66. The van der Waals surface area contributed by atoms with Crippen LogP contribution >= 0.6 is 12.6 Å². The lowest BCUT2D eigenvalue weighted by Gasteiger charge is -2.34. The highest BCUT2D eigenvalue weighted by atomic mass is 32.1. The van der Waals surface area contributed by atoms with E-state index >= 15 is 0 Å². The molecule has 1 aliphatic carbocycles. The summed E-state index contributed by atoms with van der Waals surface area (Å²) in [5.41, 5.74) is 0.266. The minimum Gasteiger partial charge on any atom is -0.340 e. The topological polar surface area (TPSA) is 23.6 Å². The number of hydrogen-bond donors (Lipinski definition) is 1. The summed E-state index contributed by atoms with van der Waals surface area (Å²) in [6.45, 7) is 7.18. The van der Waals surface area contributed by atoms with Gasteiger partial charge in [-0.3, -0.25) is 4.79 Å². The summed E-state index contributed by atoms with van der Waals surface area (Å²) in [7, 11) is 0. The number of likely N-dealkylation sites (N-methyl/N-ethyl adjacent to an activating group) is 1. The van der Waals surface area contributed by atoms with Crippen molar-refractivity contribution in [3.8, 4) is 0 Å². The maximum Gasteiger partial charge on any atom is 0.223 e. The van der Waals surface area contributed by atoms with Gasteiger partial charge in [0, 0.05) is 32.6 Å². The highest BCUT2D eigenvalue weighted by Gasteiger charge is 2.43. The summed E-state index contributed by atoms with van der Waals surface area (Å²) >= 11 is 4.35. The summed E-state index contributed by atoms with van der Waals surface area (Å²) in [6, 6.07) is 0. The smallest absolute Gasteiger partial charge is 0.223 e. The highest BCUT2D eigenvalue weighted by molar-refractivity contribution is 7.80. The summed E-state index contributed by atoms with van der Waals surface area (Å²) in [5.74, 6) is 1.22. The molecule has 0 aromatic carbocycles. The molecule has 3 nitrogen and oxygen atoms in total. The van der Waals surface area contributed by atoms with Crippen molar-refractivity contribution in [2.24, 2.45) is 5.41 Å². The third kappa shape index (κ3) is 2.72. The van der Waals surface area contributed by atoms with Crippen LogP contribution in [0.1, 0.15) is 26.2 Å². The van der Waals surface area contributed by atoms with Gasteiger partial charge in [-0.05, 0) is 30.6 Å². The van der Waals surface area contributed by atoms with Crippen LogP contribution in [0, 0.1) is 5.41 Å². The molecule has 0 radical (unpaired) electrons. The van der Waals surface area contributed by atoms with Gasteiger partial charge in [0.2, 0.25) is 5.91 Å². The molecule has 92 valence electrons. The summed E-state index contributed by atoms with van der Waals surface area (Å²) in [6.07, 6.45) is 3.11. The predicted octanol–water partition coefficient (Wildman–Crippen LogP) is 1.25. The molecular weight excluding hydrogens is 220 g/mol. The molecular formula is C12H22N2OS. The zero-order chi connectivity index (χ0) is 11.6. The summed E-state index contributed by atoms with van der Waals surface area (Å²) in [4.78, 5) is 16.5. The molecule has 2 aliphatic rings. The Kier molecular flexibility index (Phi) is 3.80. The molecule has 1 heterocycles. The quantitative estimate of drug-likeness (QED) is 0.750. The van der Waals surface area contributed by atoms with Crippen molar-refractivity contribution in [1.82, 2.24) is 9.80 Å². The molecule has 1 saturated heterocycles. The van der Waals surface area contributed by atoms with Crippen LogP contribution in [-0.2, 0) is 4.79 Å². The van der Waals surface area contributed by atoms with Crippen LogP contribution in [0.25, 0.3) is 0 Å². The average Bonchev–Trinajstić information content (AvgIpc) is 3.09. The van der Waals surface area contributed by atoms with Gasteiger partial charge in [-0.25, -0.2) is 0 Å². The predicted molar refractivity (Wildman–Crippen MR) is 68.8 cm³/mol. The van der Waals surface area contributed by atoms with Gasteiger partial charge in [0.15, 0.2) is 0 Å². The zero-order valence-electron chi connectivity index (χ0n) is 10.1. The fourth-order valence-corrected chi connectivity index (χ4v) is 2.74. The van der Waals surface area contributed by atoms with Crippen LogP contribution in [0.5, 0.6) is 0 Å². The summed E-state index contributed by atoms with van der Waals surface area (Å²) in [5, 5.41) is 0. The maximum absolute atomic E-state index is 12.1. The molecule has 0 atom stereocenters. The number of rotatable bonds is 4. The molecule has 0 spiro atoms. The van der Waals surface area contributed by atoms with Crippen molar-refractivity contribution in [2.45, 2.75) is 26.2 Å². The van der Waals surface area contributed by atoms with E-state index in [-0.39, 0.29) is 5.41 Å². The van der Waals surface area contributed by atoms with Crippen LogP contribution in [0.2, 0.25) is 0 Å². The fourth-order valence-electron chi connectivity index (χ4n) is 2.31. The van der Waals surface area contributed by atoms with Crippen molar-refractivity contribution in [1.29, 1.82) is 0 Å². The minimum atomic E-state index is 0.266. The lowest BCUT2D eigenvalue weighted by molar-refractivity contribution is -0.134. The Hall–Kier alpha value is -0.220. The van der Waals surface area contributed by atoms with Crippen LogP contribution in [0.3, 0.4) is 0 Å². The molecule has 1 aliphatic heterocycles. The van der Waals surface area contributed by atoms with E-state index in [1.165, 1.54) is 12.8 Å². The van der Waals surface area contributed by atoms with Crippen LogP contribution in [0.15, 0.2) is 0 Å². The number of piperazine rings is 1. The molecule has 2 rings (SSSR count). The van der Waals surface area contributed by atoms with Gasteiger partial charge in [0.05, 0.1) is 0 Å².